The fraction of sp³-hybridized carbons (Fsp3) is 0.231. The Balaban J connectivity index is 1.84. The van der Waals surface area contributed by atoms with E-state index in [1.807, 2.05) is 6.07 Å². The predicted molar refractivity (Wildman–Crippen MR) is 82.6 cm³/mol. The predicted octanol–water partition coefficient (Wildman–Crippen LogP) is 3.20. The average molecular weight is 346 g/mol. The van der Waals surface area contributed by atoms with E-state index in [-0.39, 0.29) is 17.4 Å². The molecule has 0 aromatic carbocycles. The van der Waals surface area contributed by atoms with E-state index in [2.05, 4.69) is 0 Å². The lowest BCUT2D eigenvalue weighted by Crippen LogP contribution is -2.30. The number of rotatable bonds is 6. The molecule has 0 atom stereocenters. The number of carboxylic acids is 1. The maximum absolute atomic E-state index is 11.9. The topological polar surface area (TPSA) is 66.8 Å². The standard InChI is InChI=1S/C13H12ClNO4S2/c1-15(5-9-2-3-11(14)21-9)12(16)6-19-8-4-10(13(17)18)20-7-8/h2-4,7H,5-6H2,1H3,(H,17,18). The van der Waals surface area contributed by atoms with Crippen molar-refractivity contribution in [2.75, 3.05) is 13.7 Å². The first-order chi connectivity index (χ1) is 9.95. The van der Waals surface area contributed by atoms with Gasteiger partial charge in [0.25, 0.3) is 5.91 Å². The van der Waals surface area contributed by atoms with Gasteiger partial charge in [0.1, 0.15) is 10.6 Å². The maximum atomic E-state index is 11.9. The minimum Gasteiger partial charge on any atom is -0.483 e. The molecule has 0 unspecified atom stereocenters. The van der Waals surface area contributed by atoms with Crippen LogP contribution in [0.3, 0.4) is 0 Å². The van der Waals surface area contributed by atoms with Gasteiger partial charge in [-0.15, -0.1) is 22.7 Å². The first kappa shape index (κ1) is 15.8. The van der Waals surface area contributed by atoms with Crippen LogP contribution in [-0.4, -0.2) is 35.5 Å². The fourth-order valence-corrected chi connectivity index (χ4v) is 3.33. The first-order valence-electron chi connectivity index (χ1n) is 5.88. The van der Waals surface area contributed by atoms with Crippen LogP contribution >= 0.6 is 34.3 Å². The third kappa shape index (κ3) is 4.45. The van der Waals surface area contributed by atoms with Crippen LogP contribution in [0.4, 0.5) is 0 Å². The Bertz CT molecular complexity index is 652. The van der Waals surface area contributed by atoms with E-state index in [0.717, 1.165) is 16.2 Å². The summed E-state index contributed by atoms with van der Waals surface area (Å²) in [7, 11) is 1.68. The van der Waals surface area contributed by atoms with Crippen molar-refractivity contribution in [2.45, 2.75) is 6.54 Å². The number of halogens is 1. The fourth-order valence-electron chi connectivity index (χ4n) is 1.52. The van der Waals surface area contributed by atoms with Gasteiger partial charge in [0.05, 0.1) is 10.9 Å². The lowest BCUT2D eigenvalue weighted by Gasteiger charge is -2.16. The largest absolute Gasteiger partial charge is 0.483 e. The van der Waals surface area contributed by atoms with Crippen LogP contribution in [0, 0.1) is 0 Å². The molecule has 1 N–H and O–H groups in total. The molecule has 21 heavy (non-hydrogen) atoms. The molecule has 0 saturated carbocycles. The Kier molecular flexibility index (Phi) is 5.22. The van der Waals surface area contributed by atoms with Crippen LogP contribution < -0.4 is 4.74 Å². The Labute approximate surface area is 134 Å². The molecule has 2 aromatic heterocycles. The number of carboxylic acid groups (broad SMARTS) is 1. The second-order valence-electron chi connectivity index (χ2n) is 4.20. The number of thiophene rings is 2. The van der Waals surface area contributed by atoms with Crippen molar-refractivity contribution >= 4 is 46.2 Å². The summed E-state index contributed by atoms with van der Waals surface area (Å²) in [6.07, 6.45) is 0. The molecular weight excluding hydrogens is 334 g/mol. The quantitative estimate of drug-likeness (QED) is 0.873. The number of ether oxygens (including phenoxy) is 1. The lowest BCUT2D eigenvalue weighted by atomic mass is 10.4. The van der Waals surface area contributed by atoms with Crippen molar-refractivity contribution in [3.8, 4) is 5.75 Å². The summed E-state index contributed by atoms with van der Waals surface area (Å²) >= 11 is 8.32. The van der Waals surface area contributed by atoms with Gasteiger partial charge in [-0.2, -0.15) is 0 Å². The molecule has 1 amide bonds. The van der Waals surface area contributed by atoms with Crippen molar-refractivity contribution in [1.82, 2.24) is 4.90 Å². The zero-order valence-electron chi connectivity index (χ0n) is 11.0. The number of likely N-dealkylation sites (N-methyl/N-ethyl adjacent to an activating group) is 1. The molecule has 0 radical (unpaired) electrons. The van der Waals surface area contributed by atoms with Gasteiger partial charge in [0.15, 0.2) is 6.61 Å². The molecule has 5 nitrogen and oxygen atoms in total. The SMILES string of the molecule is CN(Cc1ccc(Cl)s1)C(=O)COc1csc(C(=O)O)c1. The van der Waals surface area contributed by atoms with Crippen LogP contribution in [0.25, 0.3) is 0 Å². The maximum Gasteiger partial charge on any atom is 0.346 e. The van der Waals surface area contributed by atoms with Gasteiger partial charge in [-0.1, -0.05) is 11.6 Å². The van der Waals surface area contributed by atoms with E-state index in [1.165, 1.54) is 22.3 Å². The van der Waals surface area contributed by atoms with Crippen molar-refractivity contribution in [1.29, 1.82) is 0 Å². The smallest absolute Gasteiger partial charge is 0.346 e. The van der Waals surface area contributed by atoms with Crippen LogP contribution in [0.2, 0.25) is 4.34 Å². The molecule has 2 rings (SSSR count). The molecule has 8 heteroatoms. The van der Waals surface area contributed by atoms with Crippen LogP contribution in [0.5, 0.6) is 5.75 Å². The molecule has 2 heterocycles. The summed E-state index contributed by atoms with van der Waals surface area (Å²) in [6, 6.07) is 5.06. The molecule has 2 aromatic rings. The van der Waals surface area contributed by atoms with Crippen molar-refractivity contribution in [3.63, 3.8) is 0 Å². The minimum atomic E-state index is -1.01. The van der Waals surface area contributed by atoms with Crippen LogP contribution in [-0.2, 0) is 11.3 Å². The van der Waals surface area contributed by atoms with Crippen LogP contribution in [0.1, 0.15) is 14.5 Å². The van der Waals surface area contributed by atoms with Gasteiger partial charge in [0.2, 0.25) is 0 Å². The number of hydrogen-bond donors (Lipinski definition) is 1. The van der Waals surface area contributed by atoms with E-state index < -0.39 is 5.97 Å². The second-order valence-corrected chi connectivity index (χ2v) is 6.91. The van der Waals surface area contributed by atoms with E-state index in [1.54, 1.807) is 18.5 Å². The Hall–Kier alpha value is -1.57. The van der Waals surface area contributed by atoms with E-state index in [0.29, 0.717) is 16.6 Å². The van der Waals surface area contributed by atoms with Gasteiger partial charge >= 0.3 is 5.97 Å². The summed E-state index contributed by atoms with van der Waals surface area (Å²) in [5.74, 6) is -0.811. The number of aromatic carboxylic acids is 1. The molecule has 0 aliphatic rings. The number of carbonyl (C=O) groups is 2. The molecule has 112 valence electrons. The Morgan fingerprint density at radius 1 is 1.43 bits per heavy atom. The van der Waals surface area contributed by atoms with E-state index in [9.17, 15) is 9.59 Å². The zero-order valence-corrected chi connectivity index (χ0v) is 13.4. The highest BCUT2D eigenvalue weighted by Gasteiger charge is 2.13. The average Bonchev–Trinajstić information content (AvgIpc) is 3.05. The Morgan fingerprint density at radius 2 is 2.19 bits per heavy atom. The van der Waals surface area contributed by atoms with Crippen molar-refractivity contribution in [3.05, 3.63) is 37.7 Å². The summed E-state index contributed by atoms with van der Waals surface area (Å²) in [5.41, 5.74) is 0. The zero-order chi connectivity index (χ0) is 15.4. The van der Waals surface area contributed by atoms with Crippen molar-refractivity contribution < 1.29 is 19.4 Å². The number of amides is 1. The third-order valence-electron chi connectivity index (χ3n) is 2.60. The minimum absolute atomic E-state index is 0.134. The summed E-state index contributed by atoms with van der Waals surface area (Å²) < 4.78 is 5.98. The first-order valence-corrected chi connectivity index (χ1v) is 7.96. The number of nitrogens with zero attached hydrogens (tertiary/aromatic N) is 1. The number of hydrogen-bond acceptors (Lipinski definition) is 5. The van der Waals surface area contributed by atoms with Gasteiger partial charge in [-0.05, 0) is 12.1 Å². The molecule has 0 spiro atoms. The normalized spacial score (nSPS) is 10.4. The van der Waals surface area contributed by atoms with Crippen LogP contribution in [0.15, 0.2) is 23.6 Å². The van der Waals surface area contributed by atoms with Gasteiger partial charge in [0, 0.05) is 23.4 Å². The second kappa shape index (κ2) is 6.93. The van der Waals surface area contributed by atoms with E-state index in [4.69, 9.17) is 21.4 Å². The van der Waals surface area contributed by atoms with Gasteiger partial charge in [-0.25, -0.2) is 4.79 Å². The highest BCUT2D eigenvalue weighted by atomic mass is 35.5. The van der Waals surface area contributed by atoms with E-state index >= 15 is 0 Å². The molecular formula is C13H12ClNO4S2. The molecule has 0 aliphatic heterocycles. The Morgan fingerprint density at radius 3 is 2.76 bits per heavy atom. The van der Waals surface area contributed by atoms with Gasteiger partial charge in [-0.3, -0.25) is 4.79 Å². The monoisotopic (exact) mass is 345 g/mol. The summed E-state index contributed by atoms with van der Waals surface area (Å²) in [5, 5.41) is 10.4. The molecule has 0 fully saturated rings. The highest BCUT2D eigenvalue weighted by molar-refractivity contribution is 7.16. The van der Waals surface area contributed by atoms with Gasteiger partial charge < -0.3 is 14.7 Å². The highest BCUT2D eigenvalue weighted by Crippen LogP contribution is 2.23. The van der Waals surface area contributed by atoms with Crippen molar-refractivity contribution in [2.24, 2.45) is 0 Å². The number of carbonyl (C=O) groups excluding carboxylic acids is 1. The lowest BCUT2D eigenvalue weighted by molar-refractivity contribution is -0.132. The molecule has 0 aliphatic carbocycles. The molecule has 0 saturated heterocycles. The third-order valence-corrected chi connectivity index (χ3v) is 4.71. The molecule has 0 bridgehead atoms. The summed E-state index contributed by atoms with van der Waals surface area (Å²) in [4.78, 5) is 25.4. The summed E-state index contributed by atoms with van der Waals surface area (Å²) in [6.45, 7) is 0.328.